The van der Waals surface area contributed by atoms with Crippen molar-refractivity contribution in [2.45, 2.75) is 46.6 Å². The molecular formula is C18H28N2O2. The van der Waals surface area contributed by atoms with Crippen LogP contribution in [0.2, 0.25) is 0 Å². The number of nitrogens with zero attached hydrogens (tertiary/aromatic N) is 1. The predicted octanol–water partition coefficient (Wildman–Crippen LogP) is 3.74. The molecule has 0 fully saturated rings. The maximum Gasteiger partial charge on any atom is 0.163 e. The third-order valence-corrected chi connectivity index (χ3v) is 3.80. The van der Waals surface area contributed by atoms with Crippen LogP contribution >= 0.6 is 0 Å². The number of benzene rings is 1. The van der Waals surface area contributed by atoms with Crippen molar-refractivity contribution in [3.63, 3.8) is 0 Å². The summed E-state index contributed by atoms with van der Waals surface area (Å²) < 4.78 is 13.8. The van der Waals surface area contributed by atoms with Crippen molar-refractivity contribution < 1.29 is 9.47 Å². The van der Waals surface area contributed by atoms with Gasteiger partial charge in [-0.2, -0.15) is 0 Å². The van der Waals surface area contributed by atoms with Gasteiger partial charge < -0.3 is 19.8 Å². The minimum absolute atomic E-state index is 0.633. The van der Waals surface area contributed by atoms with Gasteiger partial charge in [-0.25, -0.2) is 0 Å². The fraction of sp³-hybridized carbons (Fsp3) is 0.556. The van der Waals surface area contributed by atoms with E-state index in [2.05, 4.69) is 29.8 Å². The summed E-state index contributed by atoms with van der Waals surface area (Å²) in [5.41, 5.74) is 8.27. The maximum atomic E-state index is 5.77. The van der Waals surface area contributed by atoms with Crippen LogP contribution in [0.3, 0.4) is 0 Å². The largest absolute Gasteiger partial charge is 0.490 e. The molecule has 4 nitrogen and oxygen atoms in total. The summed E-state index contributed by atoms with van der Waals surface area (Å²) in [6.07, 6.45) is 5.47. The number of hydrogen-bond donors (Lipinski definition) is 1. The molecule has 0 bridgehead atoms. The second kappa shape index (κ2) is 8.08. The fourth-order valence-corrected chi connectivity index (χ4v) is 2.78. The zero-order valence-electron chi connectivity index (χ0n) is 14.0. The fourth-order valence-electron chi connectivity index (χ4n) is 2.78. The molecule has 1 aromatic heterocycles. The van der Waals surface area contributed by atoms with Gasteiger partial charge >= 0.3 is 0 Å². The second-order valence-electron chi connectivity index (χ2n) is 5.42. The van der Waals surface area contributed by atoms with Gasteiger partial charge in [0, 0.05) is 24.2 Å². The van der Waals surface area contributed by atoms with Crippen molar-refractivity contribution in [3.05, 3.63) is 23.9 Å². The number of nitrogens with two attached hydrogens (primary N) is 1. The number of unbranched alkanes of at least 4 members (excludes halogenated alkanes) is 1. The average molecular weight is 304 g/mol. The summed E-state index contributed by atoms with van der Waals surface area (Å²) in [6.45, 7) is 9.15. The first-order chi connectivity index (χ1) is 10.7. The number of hydrogen-bond acceptors (Lipinski definition) is 3. The number of aromatic nitrogens is 1. The highest BCUT2D eigenvalue weighted by Crippen LogP contribution is 2.35. The number of rotatable bonds is 9. The van der Waals surface area contributed by atoms with E-state index in [1.165, 1.54) is 29.3 Å². The molecule has 122 valence electrons. The monoisotopic (exact) mass is 304 g/mol. The van der Waals surface area contributed by atoms with E-state index in [0.29, 0.717) is 19.8 Å². The summed E-state index contributed by atoms with van der Waals surface area (Å²) in [5.74, 6) is 1.65. The van der Waals surface area contributed by atoms with Crippen LogP contribution in [0.15, 0.2) is 18.3 Å². The Kier molecular flexibility index (Phi) is 6.13. The normalized spacial score (nSPS) is 11.1. The molecule has 0 saturated carbocycles. The third kappa shape index (κ3) is 3.55. The van der Waals surface area contributed by atoms with Gasteiger partial charge in [-0.1, -0.05) is 13.3 Å². The van der Waals surface area contributed by atoms with Gasteiger partial charge in [-0.15, -0.1) is 0 Å². The van der Waals surface area contributed by atoms with Crippen LogP contribution in [-0.4, -0.2) is 24.3 Å². The lowest BCUT2D eigenvalue weighted by Crippen LogP contribution is -2.02. The molecule has 1 heterocycles. The number of ether oxygens (including phenoxy) is 2. The molecule has 0 radical (unpaired) electrons. The summed E-state index contributed by atoms with van der Waals surface area (Å²) in [7, 11) is 0. The predicted molar refractivity (Wildman–Crippen MR) is 91.9 cm³/mol. The Hall–Kier alpha value is -1.68. The summed E-state index contributed by atoms with van der Waals surface area (Å²) >= 11 is 0. The van der Waals surface area contributed by atoms with Crippen LogP contribution in [0.1, 0.15) is 39.2 Å². The molecule has 2 aromatic rings. The van der Waals surface area contributed by atoms with E-state index in [1.54, 1.807) is 0 Å². The Morgan fingerprint density at radius 3 is 2.32 bits per heavy atom. The lowest BCUT2D eigenvalue weighted by molar-refractivity contribution is 0.288. The van der Waals surface area contributed by atoms with Gasteiger partial charge in [0.2, 0.25) is 0 Å². The van der Waals surface area contributed by atoms with E-state index >= 15 is 0 Å². The molecule has 0 unspecified atom stereocenters. The molecule has 22 heavy (non-hydrogen) atoms. The Bertz CT molecular complexity index is 605. The molecule has 0 amide bonds. The number of fused-ring (bicyclic) bond motifs is 1. The molecule has 2 N–H and O–H groups in total. The molecule has 0 aliphatic rings. The molecule has 0 atom stereocenters. The Morgan fingerprint density at radius 1 is 1.05 bits per heavy atom. The molecule has 0 aliphatic heterocycles. The minimum Gasteiger partial charge on any atom is -0.490 e. The quantitative estimate of drug-likeness (QED) is 0.767. The smallest absolute Gasteiger partial charge is 0.163 e. The van der Waals surface area contributed by atoms with Crippen LogP contribution in [0.5, 0.6) is 11.5 Å². The molecular weight excluding hydrogens is 276 g/mol. The second-order valence-corrected chi connectivity index (χ2v) is 5.42. The summed E-state index contributed by atoms with van der Waals surface area (Å²) in [6, 6.07) is 4.22. The Labute approximate surface area is 133 Å². The molecule has 0 aliphatic carbocycles. The van der Waals surface area contributed by atoms with Crippen molar-refractivity contribution in [1.29, 1.82) is 0 Å². The van der Waals surface area contributed by atoms with E-state index < -0.39 is 0 Å². The van der Waals surface area contributed by atoms with Crippen molar-refractivity contribution in [2.24, 2.45) is 5.73 Å². The maximum absolute atomic E-state index is 5.77. The highest BCUT2D eigenvalue weighted by molar-refractivity contribution is 5.87. The Morgan fingerprint density at radius 2 is 1.73 bits per heavy atom. The van der Waals surface area contributed by atoms with Gasteiger partial charge in [0.15, 0.2) is 11.5 Å². The van der Waals surface area contributed by atoms with Crippen LogP contribution in [0.25, 0.3) is 10.9 Å². The van der Waals surface area contributed by atoms with Crippen LogP contribution in [-0.2, 0) is 13.0 Å². The van der Waals surface area contributed by atoms with Crippen molar-refractivity contribution in [3.8, 4) is 11.5 Å². The van der Waals surface area contributed by atoms with Crippen LogP contribution in [0.4, 0.5) is 0 Å². The first-order valence-corrected chi connectivity index (χ1v) is 8.36. The summed E-state index contributed by atoms with van der Waals surface area (Å²) in [5, 5.41) is 1.23. The zero-order chi connectivity index (χ0) is 15.9. The van der Waals surface area contributed by atoms with Gasteiger partial charge in [-0.3, -0.25) is 0 Å². The van der Waals surface area contributed by atoms with Gasteiger partial charge in [0.05, 0.1) is 18.7 Å². The highest BCUT2D eigenvalue weighted by atomic mass is 16.5. The van der Waals surface area contributed by atoms with E-state index in [1.807, 2.05) is 13.8 Å². The molecule has 1 aromatic carbocycles. The van der Waals surface area contributed by atoms with Gasteiger partial charge in [0.25, 0.3) is 0 Å². The van der Waals surface area contributed by atoms with E-state index in [4.69, 9.17) is 15.2 Å². The SMILES string of the molecule is CCCCn1cc(CCN)c2cc(OCC)c(OCC)cc21. The van der Waals surface area contributed by atoms with Crippen LogP contribution < -0.4 is 15.2 Å². The standard InChI is InChI=1S/C18H28N2O2/c1-4-7-10-20-13-14(8-9-19)15-11-17(21-5-2)18(22-6-3)12-16(15)20/h11-13H,4-10,19H2,1-3H3. The Balaban J connectivity index is 2.53. The molecule has 2 rings (SSSR count). The van der Waals surface area contributed by atoms with E-state index in [-0.39, 0.29) is 0 Å². The highest BCUT2D eigenvalue weighted by Gasteiger charge is 2.14. The van der Waals surface area contributed by atoms with Crippen molar-refractivity contribution >= 4 is 10.9 Å². The average Bonchev–Trinajstić information content (AvgIpc) is 2.84. The third-order valence-electron chi connectivity index (χ3n) is 3.80. The van der Waals surface area contributed by atoms with Crippen LogP contribution in [0, 0.1) is 0 Å². The van der Waals surface area contributed by atoms with E-state index in [0.717, 1.165) is 24.5 Å². The zero-order valence-corrected chi connectivity index (χ0v) is 14.0. The molecule has 0 saturated heterocycles. The lowest BCUT2D eigenvalue weighted by atomic mass is 10.1. The minimum atomic E-state index is 0.633. The lowest BCUT2D eigenvalue weighted by Gasteiger charge is -2.12. The number of aryl methyl sites for hydroxylation is 1. The topological polar surface area (TPSA) is 49.4 Å². The summed E-state index contributed by atoms with van der Waals surface area (Å²) in [4.78, 5) is 0. The molecule has 4 heteroatoms. The van der Waals surface area contributed by atoms with Gasteiger partial charge in [0.1, 0.15) is 0 Å². The van der Waals surface area contributed by atoms with Crippen molar-refractivity contribution in [1.82, 2.24) is 4.57 Å². The van der Waals surface area contributed by atoms with Gasteiger partial charge in [-0.05, 0) is 44.9 Å². The molecule has 0 spiro atoms. The van der Waals surface area contributed by atoms with Crippen molar-refractivity contribution in [2.75, 3.05) is 19.8 Å². The first kappa shape index (κ1) is 16.7. The first-order valence-electron chi connectivity index (χ1n) is 8.36. The van der Waals surface area contributed by atoms with E-state index in [9.17, 15) is 0 Å².